The standard InChI is InChI=1S/C28H42O2/c1-3-19(2)21-12-14-23(15-13-21)29-28(16-20-8-5-4-6-9-20)30-27-18-22-17-26(27)25-11-7-10-24(22)25/h12-15,19-20,22,24-28H,3-11,16-18H2,1-2H3. The molecule has 166 valence electrons. The molecule has 4 saturated carbocycles. The summed E-state index contributed by atoms with van der Waals surface area (Å²) in [5.41, 5.74) is 1.41. The number of hydrogen-bond donors (Lipinski definition) is 0. The SMILES string of the molecule is CCC(C)c1ccc(OC(CC2CCCCC2)OC2CC3CC2C2CCCC32)cc1. The summed E-state index contributed by atoms with van der Waals surface area (Å²) in [4.78, 5) is 0. The van der Waals surface area contributed by atoms with Crippen LogP contribution >= 0.6 is 0 Å². The predicted molar refractivity (Wildman–Crippen MR) is 123 cm³/mol. The molecule has 7 atom stereocenters. The molecule has 2 heteroatoms. The molecule has 0 aromatic heterocycles. The number of rotatable bonds is 8. The van der Waals surface area contributed by atoms with E-state index in [-0.39, 0.29) is 6.29 Å². The molecule has 4 fully saturated rings. The lowest BCUT2D eigenvalue weighted by Crippen LogP contribution is -2.36. The first-order valence-electron chi connectivity index (χ1n) is 13.1. The normalized spacial score (nSPS) is 35.3. The van der Waals surface area contributed by atoms with Crippen LogP contribution in [-0.4, -0.2) is 12.4 Å². The van der Waals surface area contributed by atoms with Crippen LogP contribution in [0.3, 0.4) is 0 Å². The Bertz CT molecular complexity index is 676. The molecule has 0 N–H and O–H groups in total. The van der Waals surface area contributed by atoms with Crippen molar-refractivity contribution in [2.75, 3.05) is 0 Å². The van der Waals surface area contributed by atoms with E-state index in [1.54, 1.807) is 0 Å². The molecule has 2 nitrogen and oxygen atoms in total. The van der Waals surface area contributed by atoms with Gasteiger partial charge >= 0.3 is 0 Å². The smallest absolute Gasteiger partial charge is 0.200 e. The van der Waals surface area contributed by atoms with E-state index < -0.39 is 0 Å². The second-order valence-electron chi connectivity index (χ2n) is 11.0. The van der Waals surface area contributed by atoms with Gasteiger partial charge in [-0.2, -0.15) is 0 Å². The van der Waals surface area contributed by atoms with E-state index in [1.165, 1.54) is 76.2 Å². The van der Waals surface area contributed by atoms with Crippen molar-refractivity contribution in [2.24, 2.45) is 29.6 Å². The first-order valence-corrected chi connectivity index (χ1v) is 13.1. The minimum Gasteiger partial charge on any atom is -0.465 e. The van der Waals surface area contributed by atoms with Crippen LogP contribution < -0.4 is 4.74 Å². The summed E-state index contributed by atoms with van der Waals surface area (Å²) < 4.78 is 13.4. The highest BCUT2D eigenvalue weighted by Gasteiger charge is 2.54. The molecular weight excluding hydrogens is 368 g/mol. The second kappa shape index (κ2) is 9.23. The average molecular weight is 411 g/mol. The number of benzene rings is 1. The van der Waals surface area contributed by atoms with Gasteiger partial charge in [-0.05, 0) is 85.3 Å². The minimum absolute atomic E-state index is 0.0632. The molecule has 0 heterocycles. The fraction of sp³-hybridized carbons (Fsp3) is 0.786. The molecule has 0 saturated heterocycles. The maximum absolute atomic E-state index is 6.84. The molecule has 7 unspecified atom stereocenters. The van der Waals surface area contributed by atoms with E-state index >= 15 is 0 Å². The van der Waals surface area contributed by atoms with Gasteiger partial charge in [-0.3, -0.25) is 0 Å². The summed E-state index contributed by atoms with van der Waals surface area (Å²) in [6.45, 7) is 4.56. The summed E-state index contributed by atoms with van der Waals surface area (Å²) in [6.07, 6.45) is 16.7. The van der Waals surface area contributed by atoms with Crippen molar-refractivity contribution in [3.05, 3.63) is 29.8 Å². The monoisotopic (exact) mass is 410 g/mol. The van der Waals surface area contributed by atoms with Gasteiger partial charge in [0.15, 0.2) is 6.29 Å². The molecule has 0 radical (unpaired) electrons. The van der Waals surface area contributed by atoms with E-state index in [4.69, 9.17) is 9.47 Å². The average Bonchev–Trinajstić information content (AvgIpc) is 3.48. The van der Waals surface area contributed by atoms with Crippen LogP contribution in [0.5, 0.6) is 5.75 Å². The Labute approximate surface area is 184 Å². The van der Waals surface area contributed by atoms with E-state index in [2.05, 4.69) is 38.1 Å². The molecule has 30 heavy (non-hydrogen) atoms. The van der Waals surface area contributed by atoms with Crippen LogP contribution in [0.25, 0.3) is 0 Å². The Morgan fingerprint density at radius 2 is 1.63 bits per heavy atom. The van der Waals surface area contributed by atoms with E-state index in [9.17, 15) is 0 Å². The highest BCUT2D eigenvalue weighted by atomic mass is 16.7. The maximum Gasteiger partial charge on any atom is 0.200 e. The molecule has 1 aromatic rings. The minimum atomic E-state index is -0.0632. The lowest BCUT2D eigenvalue weighted by Gasteiger charge is -2.35. The summed E-state index contributed by atoms with van der Waals surface area (Å²) in [7, 11) is 0. The fourth-order valence-corrected chi connectivity index (χ4v) is 7.45. The molecule has 2 bridgehead atoms. The number of hydrogen-bond acceptors (Lipinski definition) is 2. The molecule has 0 spiro atoms. The van der Waals surface area contributed by atoms with E-state index in [1.807, 2.05) is 0 Å². The van der Waals surface area contributed by atoms with Crippen LogP contribution in [-0.2, 0) is 4.74 Å². The van der Waals surface area contributed by atoms with Crippen molar-refractivity contribution in [1.82, 2.24) is 0 Å². The van der Waals surface area contributed by atoms with Gasteiger partial charge < -0.3 is 9.47 Å². The zero-order valence-electron chi connectivity index (χ0n) is 19.2. The Morgan fingerprint density at radius 1 is 0.867 bits per heavy atom. The third-order valence-electron chi connectivity index (χ3n) is 9.27. The Balaban J connectivity index is 1.26. The highest BCUT2D eigenvalue weighted by Crippen LogP contribution is 2.59. The zero-order valence-corrected chi connectivity index (χ0v) is 19.2. The van der Waals surface area contributed by atoms with Crippen LogP contribution in [0, 0.1) is 29.6 Å². The third-order valence-corrected chi connectivity index (χ3v) is 9.27. The summed E-state index contributed by atoms with van der Waals surface area (Å²) in [5, 5.41) is 0. The van der Waals surface area contributed by atoms with Crippen molar-refractivity contribution in [2.45, 2.75) is 109 Å². The largest absolute Gasteiger partial charge is 0.465 e. The van der Waals surface area contributed by atoms with Crippen molar-refractivity contribution >= 4 is 0 Å². The van der Waals surface area contributed by atoms with Gasteiger partial charge in [0.2, 0.25) is 0 Å². The van der Waals surface area contributed by atoms with Crippen molar-refractivity contribution in [3.63, 3.8) is 0 Å². The summed E-state index contributed by atoms with van der Waals surface area (Å²) in [5.74, 6) is 6.12. The van der Waals surface area contributed by atoms with Crippen LogP contribution in [0.15, 0.2) is 24.3 Å². The molecule has 4 aliphatic rings. The second-order valence-corrected chi connectivity index (χ2v) is 11.0. The van der Waals surface area contributed by atoms with Crippen molar-refractivity contribution in [3.8, 4) is 5.75 Å². The van der Waals surface area contributed by atoms with E-state index in [0.717, 1.165) is 41.8 Å². The maximum atomic E-state index is 6.84. The molecule has 5 rings (SSSR count). The molecule has 0 aliphatic heterocycles. The fourth-order valence-electron chi connectivity index (χ4n) is 7.45. The lowest BCUT2D eigenvalue weighted by atomic mass is 9.80. The van der Waals surface area contributed by atoms with Gasteiger partial charge in [0.1, 0.15) is 5.75 Å². The Morgan fingerprint density at radius 3 is 2.40 bits per heavy atom. The Hall–Kier alpha value is -1.02. The molecular formula is C28H42O2. The Kier molecular flexibility index (Phi) is 6.42. The van der Waals surface area contributed by atoms with Gasteiger partial charge in [0, 0.05) is 6.42 Å². The first-order chi connectivity index (χ1) is 14.7. The topological polar surface area (TPSA) is 18.5 Å². The van der Waals surface area contributed by atoms with Gasteiger partial charge in [-0.15, -0.1) is 0 Å². The number of ether oxygens (including phenoxy) is 2. The van der Waals surface area contributed by atoms with E-state index in [0.29, 0.717) is 12.0 Å². The molecule has 1 aromatic carbocycles. The summed E-state index contributed by atoms with van der Waals surface area (Å²) >= 11 is 0. The molecule has 4 aliphatic carbocycles. The predicted octanol–water partition coefficient (Wildman–Crippen LogP) is 7.72. The van der Waals surface area contributed by atoms with Crippen LogP contribution in [0.4, 0.5) is 0 Å². The highest BCUT2D eigenvalue weighted by molar-refractivity contribution is 5.29. The number of fused-ring (bicyclic) bond motifs is 5. The van der Waals surface area contributed by atoms with Gasteiger partial charge in [-0.25, -0.2) is 0 Å². The van der Waals surface area contributed by atoms with Gasteiger partial charge in [0.25, 0.3) is 0 Å². The summed E-state index contributed by atoms with van der Waals surface area (Å²) in [6, 6.07) is 8.85. The third kappa shape index (κ3) is 4.31. The van der Waals surface area contributed by atoms with Gasteiger partial charge in [0.05, 0.1) is 6.10 Å². The molecule has 0 amide bonds. The zero-order chi connectivity index (χ0) is 20.5. The lowest BCUT2D eigenvalue weighted by molar-refractivity contribution is -0.152. The quantitative estimate of drug-likeness (QED) is 0.408. The van der Waals surface area contributed by atoms with Crippen molar-refractivity contribution < 1.29 is 9.47 Å². The van der Waals surface area contributed by atoms with Crippen LogP contribution in [0.1, 0.15) is 102 Å². The van der Waals surface area contributed by atoms with Crippen molar-refractivity contribution in [1.29, 1.82) is 0 Å². The van der Waals surface area contributed by atoms with Gasteiger partial charge in [-0.1, -0.05) is 64.5 Å². The van der Waals surface area contributed by atoms with Crippen LogP contribution in [0.2, 0.25) is 0 Å². The first kappa shape index (κ1) is 20.9.